The number of unbranched alkanes of at least 4 members (excludes halogenated alkanes) is 1. The first-order chi connectivity index (χ1) is 8.72. The maximum atomic E-state index is 12.3. The highest BCUT2D eigenvalue weighted by Crippen LogP contribution is 2.20. The van der Waals surface area contributed by atoms with Gasteiger partial charge in [-0.2, -0.15) is 0 Å². The van der Waals surface area contributed by atoms with Crippen molar-refractivity contribution in [1.82, 2.24) is 10.2 Å². The molecular weight excluding hydrogens is 228 g/mol. The third-order valence-corrected chi connectivity index (χ3v) is 4.14. The summed E-state index contributed by atoms with van der Waals surface area (Å²) in [5, 5.41) is 3.41. The second-order valence-electron chi connectivity index (χ2n) is 5.59. The molecule has 2 rings (SSSR count). The fourth-order valence-electron chi connectivity index (χ4n) is 2.90. The first-order valence-corrected chi connectivity index (χ1v) is 7.36. The van der Waals surface area contributed by atoms with E-state index in [2.05, 4.69) is 19.2 Å². The van der Waals surface area contributed by atoms with E-state index in [-0.39, 0.29) is 12.2 Å². The predicted octanol–water partition coefficient (Wildman–Crippen LogP) is 1.75. The minimum absolute atomic E-state index is 0.0554. The number of carbonyl (C=O) groups is 1. The molecule has 4 nitrogen and oxygen atoms in total. The second-order valence-corrected chi connectivity index (χ2v) is 5.59. The topological polar surface area (TPSA) is 41.6 Å². The summed E-state index contributed by atoms with van der Waals surface area (Å²) < 4.78 is 5.38. The first-order valence-electron chi connectivity index (χ1n) is 7.36. The number of amides is 1. The van der Waals surface area contributed by atoms with E-state index in [0.717, 1.165) is 51.9 Å². The molecule has 0 aromatic heterocycles. The molecule has 1 N–H and O–H groups in total. The van der Waals surface area contributed by atoms with Crippen molar-refractivity contribution in [2.45, 2.75) is 58.2 Å². The second kappa shape index (κ2) is 6.53. The summed E-state index contributed by atoms with van der Waals surface area (Å²) in [5.74, 6) is 0.953. The van der Waals surface area contributed by atoms with Gasteiger partial charge in [0.1, 0.15) is 0 Å². The first kappa shape index (κ1) is 13.8. The van der Waals surface area contributed by atoms with Crippen molar-refractivity contribution in [3.63, 3.8) is 0 Å². The van der Waals surface area contributed by atoms with Crippen LogP contribution in [0.4, 0.5) is 0 Å². The maximum Gasteiger partial charge on any atom is 0.241 e. The predicted molar refractivity (Wildman–Crippen MR) is 71.2 cm³/mol. The van der Waals surface area contributed by atoms with E-state index in [4.69, 9.17) is 4.74 Å². The Labute approximate surface area is 110 Å². The Morgan fingerprint density at radius 3 is 2.94 bits per heavy atom. The van der Waals surface area contributed by atoms with Crippen LogP contribution in [0.25, 0.3) is 0 Å². The van der Waals surface area contributed by atoms with Gasteiger partial charge in [0.15, 0.2) is 0 Å². The highest BCUT2D eigenvalue weighted by atomic mass is 16.5. The van der Waals surface area contributed by atoms with Crippen molar-refractivity contribution in [2.24, 2.45) is 5.92 Å². The smallest absolute Gasteiger partial charge is 0.241 e. The van der Waals surface area contributed by atoms with Crippen LogP contribution in [0.5, 0.6) is 0 Å². The molecule has 2 aliphatic rings. The molecule has 0 saturated carbocycles. The van der Waals surface area contributed by atoms with Gasteiger partial charge in [0.25, 0.3) is 0 Å². The summed E-state index contributed by atoms with van der Waals surface area (Å²) in [6.45, 7) is 6.91. The molecule has 0 aliphatic carbocycles. The third kappa shape index (κ3) is 3.23. The molecule has 3 unspecified atom stereocenters. The SMILES string of the molecule is CCCCC1NC(C)N(CCC2CCOC2)C1=O. The number of hydrogen-bond donors (Lipinski definition) is 1. The molecule has 0 radical (unpaired) electrons. The lowest BCUT2D eigenvalue weighted by Crippen LogP contribution is -2.36. The zero-order chi connectivity index (χ0) is 13.0. The van der Waals surface area contributed by atoms with E-state index in [1.165, 1.54) is 0 Å². The molecule has 4 heteroatoms. The zero-order valence-corrected chi connectivity index (χ0v) is 11.7. The number of nitrogens with one attached hydrogen (secondary N) is 1. The summed E-state index contributed by atoms with van der Waals surface area (Å²) in [4.78, 5) is 14.3. The van der Waals surface area contributed by atoms with Crippen LogP contribution >= 0.6 is 0 Å². The van der Waals surface area contributed by atoms with Crippen LogP contribution in [0.2, 0.25) is 0 Å². The van der Waals surface area contributed by atoms with Gasteiger partial charge in [-0.25, -0.2) is 0 Å². The number of hydrogen-bond acceptors (Lipinski definition) is 3. The Morgan fingerprint density at radius 2 is 2.28 bits per heavy atom. The van der Waals surface area contributed by atoms with Crippen molar-refractivity contribution >= 4 is 5.91 Å². The van der Waals surface area contributed by atoms with E-state index in [1.807, 2.05) is 4.90 Å². The van der Waals surface area contributed by atoms with Gasteiger partial charge in [-0.3, -0.25) is 10.1 Å². The Hall–Kier alpha value is -0.610. The maximum absolute atomic E-state index is 12.3. The lowest BCUT2D eigenvalue weighted by atomic mass is 10.0. The van der Waals surface area contributed by atoms with Crippen LogP contribution in [0, 0.1) is 5.92 Å². The molecule has 2 saturated heterocycles. The molecule has 0 spiro atoms. The molecule has 2 heterocycles. The fourth-order valence-corrected chi connectivity index (χ4v) is 2.90. The van der Waals surface area contributed by atoms with Crippen LogP contribution in [-0.4, -0.2) is 42.8 Å². The summed E-state index contributed by atoms with van der Waals surface area (Å²) in [7, 11) is 0. The van der Waals surface area contributed by atoms with Gasteiger partial charge in [-0.1, -0.05) is 19.8 Å². The molecule has 0 aromatic carbocycles. The minimum atomic E-state index is 0.0554. The van der Waals surface area contributed by atoms with Crippen LogP contribution in [-0.2, 0) is 9.53 Å². The summed E-state index contributed by atoms with van der Waals surface area (Å²) in [5.41, 5.74) is 0. The number of rotatable bonds is 6. The van der Waals surface area contributed by atoms with Crippen LogP contribution < -0.4 is 5.32 Å². The Bertz CT molecular complexity index is 277. The Morgan fingerprint density at radius 1 is 1.44 bits per heavy atom. The van der Waals surface area contributed by atoms with Crippen molar-refractivity contribution in [1.29, 1.82) is 0 Å². The average Bonchev–Trinajstić information content (AvgIpc) is 2.95. The zero-order valence-electron chi connectivity index (χ0n) is 11.7. The van der Waals surface area contributed by atoms with Crippen molar-refractivity contribution in [3.05, 3.63) is 0 Å². The summed E-state index contributed by atoms with van der Waals surface area (Å²) in [6, 6.07) is 0.0554. The fraction of sp³-hybridized carbons (Fsp3) is 0.929. The molecule has 0 bridgehead atoms. The number of ether oxygens (including phenoxy) is 1. The summed E-state index contributed by atoms with van der Waals surface area (Å²) in [6.07, 6.45) is 5.69. The van der Waals surface area contributed by atoms with Crippen molar-refractivity contribution < 1.29 is 9.53 Å². The molecular formula is C14H26N2O2. The molecule has 104 valence electrons. The quantitative estimate of drug-likeness (QED) is 0.785. The van der Waals surface area contributed by atoms with Gasteiger partial charge in [0, 0.05) is 19.8 Å². The number of carbonyl (C=O) groups excluding carboxylic acids is 1. The summed E-state index contributed by atoms with van der Waals surface area (Å²) >= 11 is 0. The lowest BCUT2D eigenvalue weighted by Gasteiger charge is -2.22. The average molecular weight is 254 g/mol. The highest BCUT2D eigenvalue weighted by molar-refractivity contribution is 5.84. The molecule has 3 atom stereocenters. The highest BCUT2D eigenvalue weighted by Gasteiger charge is 2.35. The van der Waals surface area contributed by atoms with Gasteiger partial charge in [-0.05, 0) is 32.1 Å². The lowest BCUT2D eigenvalue weighted by molar-refractivity contribution is -0.130. The van der Waals surface area contributed by atoms with Gasteiger partial charge >= 0.3 is 0 Å². The molecule has 0 aromatic rings. The standard InChI is InChI=1S/C14H26N2O2/c1-3-4-5-13-14(17)16(11(2)15-13)8-6-12-7-9-18-10-12/h11-13,15H,3-10H2,1-2H3. The van der Waals surface area contributed by atoms with E-state index in [0.29, 0.717) is 11.8 Å². The van der Waals surface area contributed by atoms with Gasteiger partial charge in [0.05, 0.1) is 12.2 Å². The van der Waals surface area contributed by atoms with E-state index >= 15 is 0 Å². The molecule has 18 heavy (non-hydrogen) atoms. The monoisotopic (exact) mass is 254 g/mol. The van der Waals surface area contributed by atoms with E-state index in [9.17, 15) is 4.79 Å². The van der Waals surface area contributed by atoms with Crippen LogP contribution in [0.3, 0.4) is 0 Å². The molecule has 2 aliphatic heterocycles. The van der Waals surface area contributed by atoms with Gasteiger partial charge < -0.3 is 9.64 Å². The Balaban J connectivity index is 1.78. The molecule has 2 fully saturated rings. The van der Waals surface area contributed by atoms with Crippen LogP contribution in [0.15, 0.2) is 0 Å². The Kier molecular flexibility index (Phi) is 5.01. The largest absolute Gasteiger partial charge is 0.381 e. The van der Waals surface area contributed by atoms with Crippen molar-refractivity contribution in [2.75, 3.05) is 19.8 Å². The van der Waals surface area contributed by atoms with E-state index in [1.54, 1.807) is 0 Å². The normalized spacial score (nSPS) is 32.4. The van der Waals surface area contributed by atoms with E-state index < -0.39 is 0 Å². The van der Waals surface area contributed by atoms with Crippen LogP contribution in [0.1, 0.15) is 46.0 Å². The molecule has 1 amide bonds. The van der Waals surface area contributed by atoms with Gasteiger partial charge in [-0.15, -0.1) is 0 Å². The van der Waals surface area contributed by atoms with Gasteiger partial charge in [0.2, 0.25) is 5.91 Å². The third-order valence-electron chi connectivity index (χ3n) is 4.14. The minimum Gasteiger partial charge on any atom is -0.381 e. The van der Waals surface area contributed by atoms with Crippen molar-refractivity contribution in [3.8, 4) is 0 Å². The number of nitrogens with zero attached hydrogens (tertiary/aromatic N) is 1.